The van der Waals surface area contributed by atoms with Gasteiger partial charge in [0.1, 0.15) is 0 Å². The summed E-state index contributed by atoms with van der Waals surface area (Å²) in [6.45, 7) is 1.36. The zero-order valence-electron chi connectivity index (χ0n) is 15.1. The Morgan fingerprint density at radius 3 is 1.03 bits per heavy atom. The van der Waals surface area contributed by atoms with Crippen LogP contribution in [-0.4, -0.2) is 23.1 Å². The van der Waals surface area contributed by atoms with Gasteiger partial charge in [0.05, 0.1) is 0 Å². The Bertz CT molecular complexity index is 530. The Balaban J connectivity index is -0.000000153. The van der Waals surface area contributed by atoms with Crippen molar-refractivity contribution in [3.63, 3.8) is 0 Å². The van der Waals surface area contributed by atoms with Gasteiger partial charge in [-0.2, -0.15) is 0 Å². The smallest absolute Gasteiger partial charge is 0.330 e. The number of nitrogens with two attached hydrogens (primary N) is 2. The molecule has 0 bridgehead atoms. The molecule has 0 aliphatic heterocycles. The summed E-state index contributed by atoms with van der Waals surface area (Å²) in [6.07, 6.45) is 5.32. The summed E-state index contributed by atoms with van der Waals surface area (Å²) in [7, 11) is -9.89. The van der Waals surface area contributed by atoms with Crippen LogP contribution in [-0.2, 0) is 57.6 Å². The van der Waals surface area contributed by atoms with Crippen LogP contribution in [0.2, 0.25) is 0 Å². The molecule has 180 valence electrons. The molecule has 12 nitrogen and oxygen atoms in total. The predicted octanol–water partition coefficient (Wildman–Crippen LogP) is -8.35. The predicted molar refractivity (Wildman–Crippen MR) is 74.0 cm³/mol. The van der Waals surface area contributed by atoms with Crippen molar-refractivity contribution in [3.8, 4) is 0 Å². The third-order valence-corrected chi connectivity index (χ3v) is 2.25. The van der Waals surface area contributed by atoms with Crippen LogP contribution in [0.1, 0.15) is 11.4 Å². The van der Waals surface area contributed by atoms with E-state index in [2.05, 4.69) is 9.97 Å². The van der Waals surface area contributed by atoms with E-state index < -0.39 is 20.5 Å². The van der Waals surface area contributed by atoms with E-state index in [-0.39, 0.29) is 44.8 Å². The number of pyridine rings is 2. The summed E-state index contributed by atoms with van der Waals surface area (Å²) >= 11 is 0. The standard InChI is InChI=1S/2C7H10N2.2Ag.2ClHO4/c2*8-5-4-7-3-1-2-6-9-7;;;2*2-1(3,4)5/h2*1-3,6H,4-5,8H2;;;2*(H,2,3,4,5)/q;;2*+1;;/p-2. The fourth-order valence-electron chi connectivity index (χ4n) is 1.39. The molecular formula is C14H20Ag2Cl2N4O8. The van der Waals surface area contributed by atoms with E-state index in [4.69, 9.17) is 48.7 Å². The third kappa shape index (κ3) is 42.1. The molecule has 0 saturated heterocycles. The van der Waals surface area contributed by atoms with Crippen molar-refractivity contribution in [2.75, 3.05) is 13.1 Å². The Hall–Kier alpha value is -0.0395. The Morgan fingerprint density at radius 1 is 0.600 bits per heavy atom. The first-order valence-electron chi connectivity index (χ1n) is 7.30. The SMILES string of the molecule is NCCc1ccccn1.NCCc1ccccn1.[Ag+].[Ag+].[O-][Cl+3]([O-])([O-])[O-].[O-][Cl+3]([O-])([O-])[O-]. The number of aromatic nitrogens is 2. The van der Waals surface area contributed by atoms with Crippen molar-refractivity contribution in [1.29, 1.82) is 0 Å². The molecule has 0 saturated carbocycles. The maximum Gasteiger partial charge on any atom is 1.00 e. The van der Waals surface area contributed by atoms with Gasteiger partial charge >= 0.3 is 44.8 Å². The van der Waals surface area contributed by atoms with Crippen LogP contribution >= 0.6 is 0 Å². The van der Waals surface area contributed by atoms with Gasteiger partial charge in [-0.15, -0.1) is 20.5 Å². The van der Waals surface area contributed by atoms with E-state index in [0.29, 0.717) is 13.1 Å². The van der Waals surface area contributed by atoms with Crippen molar-refractivity contribution in [2.24, 2.45) is 11.5 Å². The van der Waals surface area contributed by atoms with Gasteiger partial charge in [-0.25, -0.2) is 37.3 Å². The second kappa shape index (κ2) is 22.2. The van der Waals surface area contributed by atoms with Gasteiger partial charge in [-0.05, 0) is 37.4 Å². The van der Waals surface area contributed by atoms with E-state index >= 15 is 0 Å². The molecule has 0 radical (unpaired) electrons. The van der Waals surface area contributed by atoms with Crippen LogP contribution in [0.3, 0.4) is 0 Å². The average Bonchev–Trinajstić information content (AvgIpc) is 2.55. The molecule has 0 fully saturated rings. The van der Waals surface area contributed by atoms with Crippen molar-refractivity contribution in [3.05, 3.63) is 60.2 Å². The van der Waals surface area contributed by atoms with Crippen molar-refractivity contribution in [2.45, 2.75) is 12.8 Å². The topological polar surface area (TPSA) is 262 Å². The first kappa shape index (κ1) is 37.3. The first-order valence-corrected chi connectivity index (χ1v) is 9.77. The van der Waals surface area contributed by atoms with Gasteiger partial charge in [-0.3, -0.25) is 9.97 Å². The number of halogens is 2. The van der Waals surface area contributed by atoms with Crippen LogP contribution in [0.4, 0.5) is 0 Å². The van der Waals surface area contributed by atoms with E-state index in [1.165, 1.54) is 0 Å². The molecule has 0 amide bonds. The summed E-state index contributed by atoms with van der Waals surface area (Å²) < 4.78 is 67.9. The summed E-state index contributed by atoms with van der Waals surface area (Å²) in [4.78, 5) is 8.18. The molecule has 0 unspecified atom stereocenters. The van der Waals surface area contributed by atoms with Crippen LogP contribution in [0, 0.1) is 20.5 Å². The number of rotatable bonds is 4. The fraction of sp³-hybridized carbons (Fsp3) is 0.286. The van der Waals surface area contributed by atoms with Crippen LogP contribution in [0.25, 0.3) is 0 Å². The minimum atomic E-state index is -4.94. The monoisotopic (exact) mass is 656 g/mol. The molecule has 30 heavy (non-hydrogen) atoms. The molecule has 0 spiro atoms. The minimum absolute atomic E-state index is 0. The van der Waals surface area contributed by atoms with Gasteiger partial charge in [0.15, 0.2) is 0 Å². The second-order valence-electron chi connectivity index (χ2n) is 4.48. The number of nitrogens with zero attached hydrogens (tertiary/aromatic N) is 2. The maximum atomic E-state index is 8.49. The Kier molecular flexibility index (Phi) is 27.5. The van der Waals surface area contributed by atoms with Crippen LogP contribution in [0.15, 0.2) is 48.8 Å². The summed E-state index contributed by atoms with van der Waals surface area (Å²) in [5.41, 5.74) is 12.8. The summed E-state index contributed by atoms with van der Waals surface area (Å²) in [5.74, 6) is 0. The maximum absolute atomic E-state index is 8.49. The van der Waals surface area contributed by atoms with Gasteiger partial charge in [0.25, 0.3) is 0 Å². The van der Waals surface area contributed by atoms with E-state index in [0.717, 1.165) is 24.2 Å². The van der Waals surface area contributed by atoms with E-state index in [1.807, 2.05) is 36.4 Å². The molecule has 16 heteroatoms. The summed E-state index contributed by atoms with van der Waals surface area (Å²) in [5, 5.41) is 0. The Labute approximate surface area is 209 Å². The molecule has 2 aromatic rings. The van der Waals surface area contributed by atoms with Crippen LogP contribution in [0.5, 0.6) is 0 Å². The average molecular weight is 659 g/mol. The van der Waals surface area contributed by atoms with E-state index in [9.17, 15) is 0 Å². The number of hydrogen-bond acceptors (Lipinski definition) is 12. The fourth-order valence-corrected chi connectivity index (χ4v) is 1.39. The third-order valence-electron chi connectivity index (χ3n) is 2.25. The van der Waals surface area contributed by atoms with Gasteiger partial charge in [-0.1, -0.05) is 12.1 Å². The van der Waals surface area contributed by atoms with Gasteiger partial charge in [0, 0.05) is 36.6 Å². The van der Waals surface area contributed by atoms with Gasteiger partial charge < -0.3 is 11.5 Å². The molecule has 0 aliphatic carbocycles. The van der Waals surface area contributed by atoms with Crippen molar-refractivity contribution in [1.82, 2.24) is 9.97 Å². The zero-order chi connectivity index (χ0) is 22.1. The zero-order valence-corrected chi connectivity index (χ0v) is 19.6. The molecule has 0 aromatic carbocycles. The molecule has 2 rings (SSSR count). The largest absolute Gasteiger partial charge is 1.00 e. The normalized spacial score (nSPS) is 9.67. The van der Waals surface area contributed by atoms with E-state index in [1.54, 1.807) is 12.4 Å². The molecule has 0 aliphatic rings. The number of hydrogen-bond donors (Lipinski definition) is 2. The van der Waals surface area contributed by atoms with Crippen LogP contribution < -0.4 is 48.7 Å². The summed E-state index contributed by atoms with van der Waals surface area (Å²) in [6, 6.07) is 11.7. The van der Waals surface area contributed by atoms with Gasteiger partial charge in [0.2, 0.25) is 0 Å². The Morgan fingerprint density at radius 2 is 0.867 bits per heavy atom. The quantitative estimate of drug-likeness (QED) is 0.290. The molecule has 0 atom stereocenters. The van der Waals surface area contributed by atoms with Crippen molar-refractivity contribution >= 4 is 0 Å². The van der Waals surface area contributed by atoms with Crippen molar-refractivity contribution < 1.29 is 103 Å². The minimum Gasteiger partial charge on any atom is -0.330 e. The second-order valence-corrected chi connectivity index (χ2v) is 5.99. The molecule has 4 N–H and O–H groups in total. The molecular weight excluding hydrogens is 639 g/mol. The molecule has 2 aromatic heterocycles. The first-order chi connectivity index (χ1) is 12.9. The molecule has 2 heterocycles.